The Kier molecular flexibility index (Phi) is 6.16. The molecule has 1 aromatic carbocycles. The minimum Gasteiger partial charge on any atom is -0.352 e. The number of nitrogens with one attached hydrogen (secondary N) is 3. The maximum Gasteiger partial charge on any atom is 0.251 e. The molecule has 0 aromatic heterocycles. The summed E-state index contributed by atoms with van der Waals surface area (Å²) in [5.74, 6) is 0.498. The number of hydrogen-bond donors (Lipinski definition) is 3. The van der Waals surface area contributed by atoms with Crippen molar-refractivity contribution in [2.24, 2.45) is 11.8 Å². The lowest BCUT2D eigenvalue weighted by molar-refractivity contribution is -0.120. The third-order valence-corrected chi connectivity index (χ3v) is 4.13. The van der Waals surface area contributed by atoms with Gasteiger partial charge in [0.15, 0.2) is 0 Å². The van der Waals surface area contributed by atoms with Gasteiger partial charge in [-0.05, 0) is 62.5 Å². The van der Waals surface area contributed by atoms with Crippen LogP contribution in [-0.4, -0.2) is 31.4 Å². The zero-order chi connectivity index (χ0) is 16.8. The van der Waals surface area contributed by atoms with Gasteiger partial charge in [-0.15, -0.1) is 0 Å². The second-order valence-electron chi connectivity index (χ2n) is 6.65. The first-order valence-electron chi connectivity index (χ1n) is 8.38. The number of hydrogen-bond acceptors (Lipinski definition) is 3. The van der Waals surface area contributed by atoms with Crippen LogP contribution in [0.5, 0.6) is 0 Å². The first kappa shape index (κ1) is 17.5. The largest absolute Gasteiger partial charge is 0.352 e. The van der Waals surface area contributed by atoms with Crippen molar-refractivity contribution in [2.45, 2.75) is 33.6 Å². The van der Waals surface area contributed by atoms with E-state index in [0.717, 1.165) is 37.2 Å². The summed E-state index contributed by atoms with van der Waals surface area (Å²) in [5, 5.41) is 9.16. The summed E-state index contributed by atoms with van der Waals surface area (Å²) in [6.07, 6.45) is 1.75. The molecule has 2 amide bonds. The second-order valence-corrected chi connectivity index (χ2v) is 6.65. The highest BCUT2D eigenvalue weighted by Gasteiger charge is 2.21. The van der Waals surface area contributed by atoms with Gasteiger partial charge >= 0.3 is 0 Å². The molecule has 1 aliphatic rings. The Hall–Kier alpha value is -1.88. The number of benzene rings is 1. The molecular weight excluding hydrogens is 290 g/mol. The van der Waals surface area contributed by atoms with Crippen LogP contribution in [0.3, 0.4) is 0 Å². The summed E-state index contributed by atoms with van der Waals surface area (Å²) in [6, 6.07) is 5.41. The third-order valence-electron chi connectivity index (χ3n) is 4.13. The Morgan fingerprint density at radius 2 is 1.96 bits per heavy atom. The fourth-order valence-electron chi connectivity index (χ4n) is 2.66. The maximum absolute atomic E-state index is 12.3. The first-order valence-corrected chi connectivity index (χ1v) is 8.38. The Morgan fingerprint density at radius 1 is 1.26 bits per heavy atom. The molecule has 2 rings (SSSR count). The van der Waals surface area contributed by atoms with E-state index in [1.807, 2.05) is 19.1 Å². The fourth-order valence-corrected chi connectivity index (χ4v) is 2.66. The van der Waals surface area contributed by atoms with E-state index in [4.69, 9.17) is 0 Å². The Balaban J connectivity index is 1.98. The molecule has 5 nitrogen and oxygen atoms in total. The van der Waals surface area contributed by atoms with Gasteiger partial charge in [0.05, 0.1) is 0 Å². The van der Waals surface area contributed by atoms with Gasteiger partial charge in [0.2, 0.25) is 5.91 Å². The highest BCUT2D eigenvalue weighted by Crippen LogP contribution is 2.20. The first-order chi connectivity index (χ1) is 11.0. The lowest BCUT2D eigenvalue weighted by Crippen LogP contribution is -2.34. The molecule has 0 atom stereocenters. The summed E-state index contributed by atoms with van der Waals surface area (Å²) in [7, 11) is 0. The molecule has 5 heteroatoms. The normalized spacial score (nSPS) is 15.5. The molecular formula is C18H27N3O2. The standard InChI is InChI=1S/C18H27N3O2/c1-12(2)11-20-17(22)15-4-5-16(13(3)10-15)21-18(23)14-6-8-19-9-7-14/h4-5,10,12,14,19H,6-9,11H2,1-3H3,(H,20,22)(H,21,23). The Bertz CT molecular complexity index is 563. The van der Waals surface area contributed by atoms with E-state index in [9.17, 15) is 9.59 Å². The monoisotopic (exact) mass is 317 g/mol. The van der Waals surface area contributed by atoms with Crippen molar-refractivity contribution in [1.82, 2.24) is 10.6 Å². The molecule has 23 heavy (non-hydrogen) atoms. The predicted octanol–water partition coefficient (Wildman–Crippen LogP) is 2.32. The molecule has 0 radical (unpaired) electrons. The Morgan fingerprint density at radius 3 is 2.57 bits per heavy atom. The van der Waals surface area contributed by atoms with E-state index in [0.29, 0.717) is 18.0 Å². The van der Waals surface area contributed by atoms with E-state index >= 15 is 0 Å². The summed E-state index contributed by atoms with van der Waals surface area (Å²) >= 11 is 0. The SMILES string of the molecule is Cc1cc(C(=O)NCC(C)C)ccc1NC(=O)C1CCNCC1. The van der Waals surface area contributed by atoms with E-state index in [-0.39, 0.29) is 17.7 Å². The smallest absolute Gasteiger partial charge is 0.251 e. The molecule has 0 spiro atoms. The highest BCUT2D eigenvalue weighted by atomic mass is 16.2. The van der Waals surface area contributed by atoms with Crippen molar-refractivity contribution in [3.8, 4) is 0 Å². The van der Waals surface area contributed by atoms with Crippen molar-refractivity contribution < 1.29 is 9.59 Å². The molecule has 0 unspecified atom stereocenters. The second kappa shape index (κ2) is 8.11. The third kappa shape index (κ3) is 5.06. The van der Waals surface area contributed by atoms with Crippen LogP contribution in [0.2, 0.25) is 0 Å². The van der Waals surface area contributed by atoms with Crippen molar-refractivity contribution >= 4 is 17.5 Å². The van der Waals surface area contributed by atoms with Gasteiger partial charge in [-0.3, -0.25) is 9.59 Å². The van der Waals surface area contributed by atoms with Crippen molar-refractivity contribution in [3.63, 3.8) is 0 Å². The number of aryl methyl sites for hydroxylation is 1. The maximum atomic E-state index is 12.3. The van der Waals surface area contributed by atoms with Crippen LogP contribution in [0.1, 0.15) is 42.6 Å². The van der Waals surface area contributed by atoms with Crippen LogP contribution in [0.4, 0.5) is 5.69 Å². The minimum atomic E-state index is -0.0713. The van der Waals surface area contributed by atoms with Gasteiger partial charge in [0, 0.05) is 23.7 Å². The van der Waals surface area contributed by atoms with Crippen molar-refractivity contribution in [3.05, 3.63) is 29.3 Å². The van der Waals surface area contributed by atoms with Crippen LogP contribution < -0.4 is 16.0 Å². The molecule has 1 fully saturated rings. The van der Waals surface area contributed by atoms with Crippen LogP contribution in [-0.2, 0) is 4.79 Å². The number of amides is 2. The highest BCUT2D eigenvalue weighted by molar-refractivity contribution is 5.97. The van der Waals surface area contributed by atoms with E-state index in [1.165, 1.54) is 0 Å². The number of piperidine rings is 1. The number of carbonyl (C=O) groups is 2. The molecule has 0 saturated carbocycles. The van der Waals surface area contributed by atoms with Crippen molar-refractivity contribution in [1.29, 1.82) is 0 Å². The van der Waals surface area contributed by atoms with E-state index in [1.54, 1.807) is 6.07 Å². The lowest BCUT2D eigenvalue weighted by Gasteiger charge is -2.22. The molecule has 1 aliphatic heterocycles. The molecule has 1 heterocycles. The zero-order valence-electron chi connectivity index (χ0n) is 14.2. The van der Waals surface area contributed by atoms with Gasteiger partial charge in [0.1, 0.15) is 0 Å². The van der Waals surface area contributed by atoms with Crippen LogP contribution in [0.15, 0.2) is 18.2 Å². The van der Waals surface area contributed by atoms with Gasteiger partial charge < -0.3 is 16.0 Å². The average Bonchev–Trinajstić information content (AvgIpc) is 2.55. The predicted molar refractivity (Wildman–Crippen MR) is 92.6 cm³/mol. The van der Waals surface area contributed by atoms with Gasteiger partial charge in [-0.2, -0.15) is 0 Å². The lowest BCUT2D eigenvalue weighted by atomic mass is 9.97. The van der Waals surface area contributed by atoms with Crippen molar-refractivity contribution in [2.75, 3.05) is 25.0 Å². The molecule has 126 valence electrons. The van der Waals surface area contributed by atoms with E-state index in [2.05, 4.69) is 29.8 Å². The zero-order valence-corrected chi connectivity index (χ0v) is 14.2. The summed E-state index contributed by atoms with van der Waals surface area (Å²) in [5.41, 5.74) is 2.32. The molecule has 0 aliphatic carbocycles. The van der Waals surface area contributed by atoms with Crippen LogP contribution in [0, 0.1) is 18.8 Å². The van der Waals surface area contributed by atoms with Gasteiger partial charge in [0.25, 0.3) is 5.91 Å². The average molecular weight is 317 g/mol. The van der Waals surface area contributed by atoms with Gasteiger partial charge in [-0.25, -0.2) is 0 Å². The summed E-state index contributed by atoms with van der Waals surface area (Å²) in [4.78, 5) is 24.4. The van der Waals surface area contributed by atoms with Crippen LogP contribution >= 0.6 is 0 Å². The quantitative estimate of drug-likeness (QED) is 0.780. The van der Waals surface area contributed by atoms with Gasteiger partial charge in [-0.1, -0.05) is 13.8 Å². The summed E-state index contributed by atoms with van der Waals surface area (Å²) < 4.78 is 0. The van der Waals surface area contributed by atoms with E-state index < -0.39 is 0 Å². The minimum absolute atomic E-state index is 0.0713. The molecule has 1 aromatic rings. The topological polar surface area (TPSA) is 70.2 Å². The number of rotatable bonds is 5. The fraction of sp³-hybridized carbons (Fsp3) is 0.556. The van der Waals surface area contributed by atoms with Crippen LogP contribution in [0.25, 0.3) is 0 Å². The number of carbonyl (C=O) groups excluding carboxylic acids is 2. The molecule has 1 saturated heterocycles. The summed E-state index contributed by atoms with van der Waals surface area (Å²) in [6.45, 7) is 8.48. The molecule has 3 N–H and O–H groups in total. The Labute approximate surface area is 138 Å². The number of anilines is 1. The molecule has 0 bridgehead atoms.